The zero-order chi connectivity index (χ0) is 20.0. The molecule has 0 amide bonds. The highest BCUT2D eigenvalue weighted by molar-refractivity contribution is 6.35. The molecule has 0 bridgehead atoms. The normalized spacial score (nSPS) is 19.8. The molecule has 0 spiro atoms. The zero-order valence-corrected chi connectivity index (χ0v) is 17.2. The summed E-state index contributed by atoms with van der Waals surface area (Å²) < 4.78 is 12.0. The van der Waals surface area contributed by atoms with Gasteiger partial charge in [-0.3, -0.25) is 0 Å². The van der Waals surface area contributed by atoms with Crippen molar-refractivity contribution in [2.45, 2.75) is 18.7 Å². The van der Waals surface area contributed by atoms with Gasteiger partial charge in [0, 0.05) is 17.0 Å². The maximum atomic E-state index is 6.40. The number of ether oxygens (including phenoxy) is 2. The third kappa shape index (κ3) is 3.13. The molecule has 6 heteroatoms. The number of hydrazone groups is 1. The van der Waals surface area contributed by atoms with E-state index in [1.807, 2.05) is 47.5 Å². The van der Waals surface area contributed by atoms with Gasteiger partial charge in [-0.2, -0.15) is 5.10 Å². The van der Waals surface area contributed by atoms with E-state index in [2.05, 4.69) is 18.2 Å². The van der Waals surface area contributed by atoms with Crippen molar-refractivity contribution in [1.29, 1.82) is 0 Å². The molecule has 3 aromatic rings. The van der Waals surface area contributed by atoms with Gasteiger partial charge in [-0.05, 0) is 23.8 Å². The van der Waals surface area contributed by atoms with Crippen LogP contribution in [0.3, 0.4) is 0 Å². The molecular formula is C23H18Cl2N2O2. The van der Waals surface area contributed by atoms with Gasteiger partial charge in [0.2, 0.25) is 6.23 Å². The van der Waals surface area contributed by atoms with Crippen molar-refractivity contribution in [3.8, 4) is 11.5 Å². The Morgan fingerprint density at radius 2 is 1.76 bits per heavy atom. The molecule has 5 rings (SSSR count). The van der Waals surface area contributed by atoms with Gasteiger partial charge in [0.1, 0.15) is 11.5 Å². The molecule has 3 aromatic carbocycles. The van der Waals surface area contributed by atoms with Crippen LogP contribution >= 0.6 is 23.2 Å². The molecular weight excluding hydrogens is 407 g/mol. The van der Waals surface area contributed by atoms with Crippen LogP contribution in [0.2, 0.25) is 10.0 Å². The molecule has 2 atom stereocenters. The van der Waals surface area contributed by atoms with Crippen molar-refractivity contribution in [2.75, 3.05) is 7.11 Å². The second kappa shape index (κ2) is 7.29. The molecule has 29 heavy (non-hydrogen) atoms. The summed E-state index contributed by atoms with van der Waals surface area (Å²) >= 11 is 12.7. The monoisotopic (exact) mass is 424 g/mol. The molecule has 0 aromatic heterocycles. The standard InChI is InChI=1S/C23H18Cl2N2O2/c1-28-22-17(11-15(24)12-18(22)25)23-27-20(16-9-5-6-10-21(16)29-23)13-19(26-27)14-7-3-2-4-8-14/h2-12,20,23H,13H2,1H3/t20-,23-/m1/s1. The van der Waals surface area contributed by atoms with Crippen molar-refractivity contribution in [3.05, 3.63) is 93.5 Å². The summed E-state index contributed by atoms with van der Waals surface area (Å²) in [6.07, 6.45) is 0.291. The van der Waals surface area contributed by atoms with Crippen LogP contribution in [0.1, 0.15) is 35.4 Å². The van der Waals surface area contributed by atoms with Crippen molar-refractivity contribution < 1.29 is 9.47 Å². The van der Waals surface area contributed by atoms with E-state index in [1.54, 1.807) is 13.2 Å². The number of halogens is 2. The zero-order valence-electron chi connectivity index (χ0n) is 15.7. The Kier molecular flexibility index (Phi) is 4.61. The van der Waals surface area contributed by atoms with Gasteiger partial charge in [-0.1, -0.05) is 71.7 Å². The molecule has 0 unspecified atom stereocenters. The Bertz CT molecular complexity index is 1100. The lowest BCUT2D eigenvalue weighted by atomic mass is 9.96. The molecule has 0 saturated carbocycles. The van der Waals surface area contributed by atoms with Gasteiger partial charge in [0.25, 0.3) is 0 Å². The summed E-state index contributed by atoms with van der Waals surface area (Å²) in [6, 6.07) is 21.8. The molecule has 2 aliphatic heterocycles. The van der Waals surface area contributed by atoms with Crippen LogP contribution in [-0.4, -0.2) is 17.8 Å². The number of benzene rings is 3. The van der Waals surface area contributed by atoms with E-state index in [9.17, 15) is 0 Å². The highest BCUT2D eigenvalue weighted by atomic mass is 35.5. The van der Waals surface area contributed by atoms with Crippen LogP contribution in [0.4, 0.5) is 0 Å². The molecule has 0 aliphatic carbocycles. The minimum absolute atomic E-state index is 0.0580. The summed E-state index contributed by atoms with van der Waals surface area (Å²) in [5, 5.41) is 7.92. The van der Waals surface area contributed by atoms with Crippen LogP contribution < -0.4 is 9.47 Å². The summed E-state index contributed by atoms with van der Waals surface area (Å²) in [6.45, 7) is 0. The van der Waals surface area contributed by atoms with E-state index in [0.29, 0.717) is 15.8 Å². The van der Waals surface area contributed by atoms with Crippen molar-refractivity contribution in [1.82, 2.24) is 5.01 Å². The first-order valence-corrected chi connectivity index (χ1v) is 10.1. The fourth-order valence-electron chi connectivity index (χ4n) is 4.02. The fraction of sp³-hybridized carbons (Fsp3) is 0.174. The number of para-hydroxylation sites is 1. The maximum Gasteiger partial charge on any atom is 0.217 e. The number of hydrogen-bond acceptors (Lipinski definition) is 4. The largest absolute Gasteiger partial charge is 0.495 e. The van der Waals surface area contributed by atoms with Crippen LogP contribution in [0.25, 0.3) is 0 Å². The van der Waals surface area contributed by atoms with Crippen molar-refractivity contribution in [2.24, 2.45) is 5.10 Å². The quantitative estimate of drug-likeness (QED) is 0.498. The lowest BCUT2D eigenvalue weighted by molar-refractivity contribution is -0.0203. The van der Waals surface area contributed by atoms with Crippen LogP contribution in [-0.2, 0) is 0 Å². The Labute approximate surface area is 179 Å². The van der Waals surface area contributed by atoms with Crippen molar-refractivity contribution in [3.63, 3.8) is 0 Å². The Morgan fingerprint density at radius 1 is 1.00 bits per heavy atom. The van der Waals surface area contributed by atoms with Gasteiger partial charge >= 0.3 is 0 Å². The lowest BCUT2D eigenvalue weighted by Gasteiger charge is -2.38. The van der Waals surface area contributed by atoms with Crippen LogP contribution in [0, 0.1) is 0 Å². The first-order valence-electron chi connectivity index (χ1n) is 9.35. The molecule has 0 fully saturated rings. The predicted octanol–water partition coefficient (Wildman–Crippen LogP) is 6.24. The second-order valence-corrected chi connectivity index (χ2v) is 7.87. The first-order chi connectivity index (χ1) is 14.2. The minimum atomic E-state index is -0.498. The number of rotatable bonds is 3. The number of nitrogens with zero attached hydrogens (tertiary/aromatic N) is 2. The number of methoxy groups -OCH3 is 1. The van der Waals surface area contributed by atoms with E-state index in [1.165, 1.54) is 0 Å². The third-order valence-corrected chi connectivity index (χ3v) is 5.81. The highest BCUT2D eigenvalue weighted by Crippen LogP contribution is 2.50. The maximum absolute atomic E-state index is 6.40. The van der Waals surface area contributed by atoms with E-state index >= 15 is 0 Å². The molecule has 4 nitrogen and oxygen atoms in total. The Balaban J connectivity index is 1.66. The SMILES string of the molecule is COc1c(Cl)cc(Cl)cc1[C@H]1Oc2ccccc2[C@H]2CC(c3ccccc3)=NN21. The summed E-state index contributed by atoms with van der Waals surface area (Å²) in [7, 11) is 1.59. The van der Waals surface area contributed by atoms with Crippen LogP contribution in [0.15, 0.2) is 71.8 Å². The molecule has 0 radical (unpaired) electrons. The number of hydrogen-bond donors (Lipinski definition) is 0. The van der Waals surface area contributed by atoms with E-state index < -0.39 is 6.23 Å². The van der Waals surface area contributed by atoms with E-state index in [0.717, 1.165) is 34.6 Å². The number of fused-ring (bicyclic) bond motifs is 3. The third-order valence-electron chi connectivity index (χ3n) is 5.31. The van der Waals surface area contributed by atoms with E-state index in [4.69, 9.17) is 37.8 Å². The summed E-state index contributed by atoms with van der Waals surface area (Å²) in [5.74, 6) is 1.38. The average Bonchev–Trinajstić information content (AvgIpc) is 3.19. The van der Waals surface area contributed by atoms with Gasteiger partial charge in [0.05, 0.1) is 29.4 Å². The Hall–Kier alpha value is -2.69. The first kappa shape index (κ1) is 18.3. The molecule has 2 heterocycles. The molecule has 0 N–H and O–H groups in total. The topological polar surface area (TPSA) is 34.1 Å². The van der Waals surface area contributed by atoms with Gasteiger partial charge in [-0.25, -0.2) is 5.01 Å². The Morgan fingerprint density at radius 3 is 2.55 bits per heavy atom. The predicted molar refractivity (Wildman–Crippen MR) is 115 cm³/mol. The molecule has 146 valence electrons. The van der Waals surface area contributed by atoms with Crippen molar-refractivity contribution >= 4 is 28.9 Å². The van der Waals surface area contributed by atoms with Crippen LogP contribution in [0.5, 0.6) is 11.5 Å². The van der Waals surface area contributed by atoms with Gasteiger partial charge < -0.3 is 9.47 Å². The molecule has 2 aliphatic rings. The minimum Gasteiger partial charge on any atom is -0.495 e. The van der Waals surface area contributed by atoms with Gasteiger partial charge in [0.15, 0.2) is 0 Å². The second-order valence-electron chi connectivity index (χ2n) is 7.03. The molecule has 0 saturated heterocycles. The average molecular weight is 425 g/mol. The highest BCUT2D eigenvalue weighted by Gasteiger charge is 2.42. The fourth-order valence-corrected chi connectivity index (χ4v) is 4.61. The van der Waals surface area contributed by atoms with E-state index in [-0.39, 0.29) is 6.04 Å². The summed E-state index contributed by atoms with van der Waals surface area (Å²) in [4.78, 5) is 0. The van der Waals surface area contributed by atoms with Gasteiger partial charge in [-0.15, -0.1) is 0 Å². The lowest BCUT2D eigenvalue weighted by Crippen LogP contribution is -2.34. The summed E-state index contributed by atoms with van der Waals surface area (Å²) in [5.41, 5.74) is 4.00. The smallest absolute Gasteiger partial charge is 0.217 e.